The lowest BCUT2D eigenvalue weighted by atomic mass is 10.1. The molecule has 0 bridgehead atoms. The van der Waals surface area contributed by atoms with Gasteiger partial charge < -0.3 is 0 Å². The number of nitrogens with zero attached hydrogens (tertiary/aromatic N) is 2. The molecule has 1 heterocycles. The average molecular weight is 265 g/mol. The number of pyridine rings is 1. The van der Waals surface area contributed by atoms with Crippen molar-refractivity contribution >= 4 is 12.1 Å². The number of nitrogens with one attached hydrogen (secondary N) is 1. The summed E-state index contributed by atoms with van der Waals surface area (Å²) in [5.41, 5.74) is 4.74. The van der Waals surface area contributed by atoms with E-state index in [1.807, 2.05) is 30.3 Å². The second kappa shape index (κ2) is 5.65. The third-order valence-electron chi connectivity index (χ3n) is 3.45. The van der Waals surface area contributed by atoms with Gasteiger partial charge in [-0.15, -0.1) is 0 Å². The van der Waals surface area contributed by atoms with E-state index < -0.39 is 0 Å². The Balaban J connectivity index is 1.53. The first kappa shape index (κ1) is 12.5. The summed E-state index contributed by atoms with van der Waals surface area (Å²) in [6.45, 7) is 0. The maximum Gasteiger partial charge on any atom is 0.243 e. The van der Waals surface area contributed by atoms with E-state index in [4.69, 9.17) is 0 Å². The third kappa shape index (κ3) is 2.91. The van der Waals surface area contributed by atoms with Gasteiger partial charge in [0.2, 0.25) is 5.91 Å². The van der Waals surface area contributed by atoms with Gasteiger partial charge in [-0.3, -0.25) is 9.78 Å². The van der Waals surface area contributed by atoms with E-state index in [1.54, 1.807) is 18.6 Å². The minimum absolute atomic E-state index is 0.0100. The van der Waals surface area contributed by atoms with Crippen LogP contribution in [-0.4, -0.2) is 17.1 Å². The Morgan fingerprint density at radius 3 is 2.70 bits per heavy atom. The second-order valence-electron chi connectivity index (χ2n) is 4.87. The molecule has 1 N–H and O–H groups in total. The van der Waals surface area contributed by atoms with Gasteiger partial charge in [0.05, 0.1) is 6.21 Å². The molecule has 1 amide bonds. The number of hydrogen-bond donors (Lipinski definition) is 1. The molecule has 0 aliphatic heterocycles. The van der Waals surface area contributed by atoms with Crippen LogP contribution in [0.3, 0.4) is 0 Å². The Bertz CT molecular complexity index is 610. The van der Waals surface area contributed by atoms with Crippen LogP contribution in [0.15, 0.2) is 60.0 Å². The first-order chi connectivity index (χ1) is 9.84. The fourth-order valence-corrected chi connectivity index (χ4v) is 2.26. The number of aromatic nitrogens is 1. The summed E-state index contributed by atoms with van der Waals surface area (Å²) in [6, 6.07) is 13.8. The maximum absolute atomic E-state index is 11.9. The lowest BCUT2D eigenvalue weighted by molar-refractivity contribution is -0.122. The lowest BCUT2D eigenvalue weighted by Crippen LogP contribution is -2.20. The van der Waals surface area contributed by atoms with Gasteiger partial charge in [-0.2, -0.15) is 5.10 Å². The predicted octanol–water partition coefficient (Wildman–Crippen LogP) is 2.34. The predicted molar refractivity (Wildman–Crippen MR) is 77.3 cm³/mol. The van der Waals surface area contributed by atoms with Crippen molar-refractivity contribution in [2.75, 3.05) is 0 Å². The molecule has 3 rings (SSSR count). The molecule has 1 aromatic heterocycles. The van der Waals surface area contributed by atoms with E-state index in [2.05, 4.69) is 27.6 Å². The smallest absolute Gasteiger partial charge is 0.243 e. The fourth-order valence-electron chi connectivity index (χ4n) is 2.26. The molecular weight excluding hydrogens is 250 g/mol. The minimum atomic E-state index is -0.0100. The molecule has 0 radical (unpaired) electrons. The van der Waals surface area contributed by atoms with Crippen LogP contribution in [0.25, 0.3) is 0 Å². The van der Waals surface area contributed by atoms with Gasteiger partial charge in [-0.1, -0.05) is 30.3 Å². The summed E-state index contributed by atoms with van der Waals surface area (Å²) in [7, 11) is 0. The Hall–Kier alpha value is -2.49. The topological polar surface area (TPSA) is 54.4 Å². The quantitative estimate of drug-likeness (QED) is 0.681. The summed E-state index contributed by atoms with van der Waals surface area (Å²) in [5.74, 6) is 0.378. The summed E-state index contributed by atoms with van der Waals surface area (Å²) < 4.78 is 0. The van der Waals surface area contributed by atoms with Crippen LogP contribution >= 0.6 is 0 Å². The zero-order valence-electron chi connectivity index (χ0n) is 10.9. The molecule has 1 aliphatic carbocycles. The molecule has 1 aromatic carbocycles. The molecule has 100 valence electrons. The molecule has 1 aliphatic rings. The first-order valence-electron chi connectivity index (χ1n) is 6.62. The van der Waals surface area contributed by atoms with Crippen molar-refractivity contribution in [1.29, 1.82) is 0 Å². The van der Waals surface area contributed by atoms with Crippen molar-refractivity contribution < 1.29 is 4.79 Å². The van der Waals surface area contributed by atoms with Crippen LogP contribution in [-0.2, 0) is 4.79 Å². The summed E-state index contributed by atoms with van der Waals surface area (Å²) in [4.78, 5) is 15.9. The Kier molecular flexibility index (Phi) is 3.54. The van der Waals surface area contributed by atoms with Gasteiger partial charge >= 0.3 is 0 Å². The highest BCUT2D eigenvalue weighted by Crippen LogP contribution is 2.47. The molecular formula is C16H15N3O. The molecule has 2 aromatic rings. The van der Waals surface area contributed by atoms with Crippen LogP contribution in [0.5, 0.6) is 0 Å². The molecule has 2 atom stereocenters. The van der Waals surface area contributed by atoms with Gasteiger partial charge in [-0.25, -0.2) is 5.43 Å². The van der Waals surface area contributed by atoms with Gasteiger partial charge in [0.15, 0.2) is 0 Å². The standard InChI is InChI=1S/C16H15N3O/c20-16(19-18-11-12-6-8-17-9-7-12)15-10-14(15)13-4-2-1-3-5-13/h1-9,11,14-15H,10H2,(H,19,20)/t14-,15+/m1/s1. The maximum atomic E-state index is 11.9. The fraction of sp³-hybridized carbons (Fsp3) is 0.188. The number of carbonyl (C=O) groups excluding carboxylic acids is 1. The van der Waals surface area contributed by atoms with Crippen molar-refractivity contribution in [3.05, 3.63) is 66.0 Å². The Labute approximate surface area is 117 Å². The summed E-state index contributed by atoms with van der Waals surface area (Å²) in [5, 5.41) is 3.98. The van der Waals surface area contributed by atoms with E-state index >= 15 is 0 Å². The van der Waals surface area contributed by atoms with Crippen molar-refractivity contribution in [2.24, 2.45) is 11.0 Å². The number of hydrazone groups is 1. The van der Waals surface area contributed by atoms with Gasteiger partial charge in [0, 0.05) is 18.3 Å². The van der Waals surface area contributed by atoms with Crippen LogP contribution in [0.4, 0.5) is 0 Å². The van der Waals surface area contributed by atoms with E-state index in [0.717, 1.165) is 12.0 Å². The highest BCUT2D eigenvalue weighted by atomic mass is 16.2. The van der Waals surface area contributed by atoms with E-state index in [1.165, 1.54) is 5.56 Å². The molecule has 0 unspecified atom stereocenters. The van der Waals surface area contributed by atoms with Crippen LogP contribution in [0.1, 0.15) is 23.5 Å². The third-order valence-corrected chi connectivity index (χ3v) is 3.45. The summed E-state index contributed by atoms with van der Waals surface area (Å²) >= 11 is 0. The zero-order chi connectivity index (χ0) is 13.8. The number of hydrogen-bond acceptors (Lipinski definition) is 3. The Morgan fingerprint density at radius 1 is 1.20 bits per heavy atom. The molecule has 4 heteroatoms. The van der Waals surface area contributed by atoms with E-state index in [0.29, 0.717) is 5.92 Å². The van der Waals surface area contributed by atoms with E-state index in [9.17, 15) is 4.79 Å². The molecule has 0 saturated heterocycles. The Morgan fingerprint density at radius 2 is 1.95 bits per heavy atom. The molecule has 0 spiro atoms. The SMILES string of the molecule is O=C(NN=Cc1ccncc1)[C@H]1C[C@@H]1c1ccccc1. The number of rotatable bonds is 4. The second-order valence-corrected chi connectivity index (χ2v) is 4.87. The number of carbonyl (C=O) groups is 1. The largest absolute Gasteiger partial charge is 0.273 e. The lowest BCUT2D eigenvalue weighted by Gasteiger charge is -1.99. The average Bonchev–Trinajstić information content (AvgIpc) is 3.30. The van der Waals surface area contributed by atoms with Crippen molar-refractivity contribution in [3.63, 3.8) is 0 Å². The van der Waals surface area contributed by atoms with Crippen LogP contribution in [0.2, 0.25) is 0 Å². The van der Waals surface area contributed by atoms with Crippen LogP contribution < -0.4 is 5.43 Å². The van der Waals surface area contributed by atoms with Gasteiger partial charge in [0.1, 0.15) is 0 Å². The molecule has 1 fully saturated rings. The molecule has 20 heavy (non-hydrogen) atoms. The van der Waals surface area contributed by atoms with Crippen LogP contribution in [0, 0.1) is 5.92 Å². The molecule has 1 saturated carbocycles. The normalized spacial score (nSPS) is 20.8. The van der Waals surface area contributed by atoms with Gasteiger partial charge in [0.25, 0.3) is 0 Å². The summed E-state index contributed by atoms with van der Waals surface area (Å²) in [6.07, 6.45) is 5.91. The minimum Gasteiger partial charge on any atom is -0.273 e. The number of benzene rings is 1. The highest BCUT2D eigenvalue weighted by Gasteiger charge is 2.43. The number of amides is 1. The first-order valence-corrected chi connectivity index (χ1v) is 6.62. The zero-order valence-corrected chi connectivity index (χ0v) is 10.9. The monoisotopic (exact) mass is 265 g/mol. The van der Waals surface area contributed by atoms with Crippen molar-refractivity contribution in [1.82, 2.24) is 10.4 Å². The van der Waals surface area contributed by atoms with Crippen molar-refractivity contribution in [3.8, 4) is 0 Å². The highest BCUT2D eigenvalue weighted by molar-refractivity contribution is 5.85. The van der Waals surface area contributed by atoms with E-state index in [-0.39, 0.29) is 11.8 Å². The molecule has 4 nitrogen and oxygen atoms in total. The van der Waals surface area contributed by atoms with Crippen molar-refractivity contribution in [2.45, 2.75) is 12.3 Å². The van der Waals surface area contributed by atoms with Gasteiger partial charge in [-0.05, 0) is 35.6 Å².